The molecule has 0 saturated carbocycles. The van der Waals surface area contributed by atoms with Crippen molar-refractivity contribution in [1.82, 2.24) is 15.6 Å². The van der Waals surface area contributed by atoms with Crippen molar-refractivity contribution in [3.8, 4) is 5.75 Å². The summed E-state index contributed by atoms with van der Waals surface area (Å²) in [6.07, 6.45) is 1.77. The molecule has 1 aliphatic heterocycles. The van der Waals surface area contributed by atoms with Crippen LogP contribution in [0.3, 0.4) is 0 Å². The summed E-state index contributed by atoms with van der Waals surface area (Å²) in [6, 6.07) is 11.8. The Hall–Kier alpha value is -2.76. The van der Waals surface area contributed by atoms with Crippen molar-refractivity contribution in [2.75, 3.05) is 32.1 Å². The maximum atomic E-state index is 11.9. The molecule has 2 heterocycles. The van der Waals surface area contributed by atoms with Gasteiger partial charge in [-0.2, -0.15) is 0 Å². The molecule has 1 aromatic heterocycles. The second kappa shape index (κ2) is 7.88. The third kappa shape index (κ3) is 4.62. The van der Waals surface area contributed by atoms with Crippen molar-refractivity contribution in [2.24, 2.45) is 0 Å². The highest BCUT2D eigenvalue weighted by molar-refractivity contribution is 5.73. The molecular formula is C19H24N4O2. The first-order chi connectivity index (χ1) is 12.1. The van der Waals surface area contributed by atoms with Gasteiger partial charge < -0.3 is 20.3 Å². The van der Waals surface area contributed by atoms with Gasteiger partial charge in [0.25, 0.3) is 0 Å². The van der Waals surface area contributed by atoms with E-state index in [0.29, 0.717) is 13.1 Å². The molecule has 2 aromatic rings. The van der Waals surface area contributed by atoms with Crippen molar-refractivity contribution >= 4 is 11.8 Å². The molecule has 3 rings (SSSR count). The first-order valence-electron chi connectivity index (χ1n) is 8.51. The van der Waals surface area contributed by atoms with Crippen LogP contribution in [-0.2, 0) is 19.4 Å². The van der Waals surface area contributed by atoms with E-state index in [9.17, 15) is 4.79 Å². The molecule has 2 N–H and O–H groups in total. The third-order valence-electron chi connectivity index (χ3n) is 4.13. The van der Waals surface area contributed by atoms with Crippen LogP contribution in [0.1, 0.15) is 16.8 Å². The molecule has 1 aromatic carbocycles. The zero-order valence-corrected chi connectivity index (χ0v) is 14.7. The number of nitrogens with one attached hydrogen (secondary N) is 2. The SMILES string of the molecule is CN(C)c1cccc(CNC(=O)NCCc2ccc3c(c2)CCO3)n1. The molecule has 6 heteroatoms. The molecule has 1 aliphatic rings. The van der Waals surface area contributed by atoms with Gasteiger partial charge in [-0.1, -0.05) is 18.2 Å². The number of benzene rings is 1. The molecule has 0 aliphatic carbocycles. The van der Waals surface area contributed by atoms with Crippen molar-refractivity contribution in [1.29, 1.82) is 0 Å². The number of amides is 2. The van der Waals surface area contributed by atoms with E-state index in [2.05, 4.69) is 27.8 Å². The Balaban J connectivity index is 1.42. The largest absolute Gasteiger partial charge is 0.493 e. The smallest absolute Gasteiger partial charge is 0.315 e. The van der Waals surface area contributed by atoms with Crippen LogP contribution in [0.5, 0.6) is 5.75 Å². The number of ether oxygens (including phenoxy) is 1. The number of rotatable bonds is 6. The van der Waals surface area contributed by atoms with Crippen molar-refractivity contribution in [3.05, 3.63) is 53.2 Å². The molecule has 0 bridgehead atoms. The number of aromatic nitrogens is 1. The Kier molecular flexibility index (Phi) is 5.38. The lowest BCUT2D eigenvalue weighted by atomic mass is 10.1. The van der Waals surface area contributed by atoms with E-state index < -0.39 is 0 Å². The Bertz CT molecular complexity index is 746. The topological polar surface area (TPSA) is 66.5 Å². The highest BCUT2D eigenvalue weighted by Crippen LogP contribution is 2.25. The molecule has 0 fully saturated rings. The predicted molar refractivity (Wildman–Crippen MR) is 98.1 cm³/mol. The molecular weight excluding hydrogens is 316 g/mol. The molecule has 132 valence electrons. The van der Waals surface area contributed by atoms with Gasteiger partial charge in [-0.25, -0.2) is 9.78 Å². The van der Waals surface area contributed by atoms with Gasteiger partial charge in [0.2, 0.25) is 0 Å². The Morgan fingerprint density at radius 2 is 2.12 bits per heavy atom. The lowest BCUT2D eigenvalue weighted by Crippen LogP contribution is -2.36. The van der Waals surface area contributed by atoms with Gasteiger partial charge in [-0.15, -0.1) is 0 Å². The molecule has 0 spiro atoms. The number of urea groups is 1. The van der Waals surface area contributed by atoms with E-state index in [1.54, 1.807) is 0 Å². The lowest BCUT2D eigenvalue weighted by Gasteiger charge is -2.13. The van der Waals surface area contributed by atoms with Crippen LogP contribution < -0.4 is 20.3 Å². The van der Waals surface area contributed by atoms with Crippen LogP contribution in [0.15, 0.2) is 36.4 Å². The summed E-state index contributed by atoms with van der Waals surface area (Å²) < 4.78 is 5.50. The molecule has 0 unspecified atom stereocenters. The van der Waals surface area contributed by atoms with Crippen LogP contribution in [0.4, 0.5) is 10.6 Å². The number of carbonyl (C=O) groups excluding carboxylic acids is 1. The van der Waals surface area contributed by atoms with E-state index >= 15 is 0 Å². The number of carbonyl (C=O) groups is 1. The molecule has 6 nitrogen and oxygen atoms in total. The van der Waals surface area contributed by atoms with Gasteiger partial charge in [0.1, 0.15) is 11.6 Å². The van der Waals surface area contributed by atoms with Crippen molar-refractivity contribution in [2.45, 2.75) is 19.4 Å². The molecule has 0 saturated heterocycles. The van der Waals surface area contributed by atoms with Crippen LogP contribution >= 0.6 is 0 Å². The second-order valence-electron chi connectivity index (χ2n) is 6.28. The van der Waals surface area contributed by atoms with E-state index in [1.807, 2.05) is 43.3 Å². The summed E-state index contributed by atoms with van der Waals surface area (Å²) in [7, 11) is 3.88. The quantitative estimate of drug-likeness (QED) is 0.845. The molecule has 2 amide bonds. The minimum absolute atomic E-state index is 0.179. The number of hydrogen-bond acceptors (Lipinski definition) is 4. The van der Waals surface area contributed by atoms with E-state index in [1.165, 1.54) is 11.1 Å². The van der Waals surface area contributed by atoms with Gasteiger partial charge in [0, 0.05) is 27.1 Å². The molecule has 0 radical (unpaired) electrons. The number of nitrogens with zero attached hydrogens (tertiary/aromatic N) is 2. The van der Waals surface area contributed by atoms with Crippen LogP contribution in [-0.4, -0.2) is 38.3 Å². The number of fused-ring (bicyclic) bond motifs is 1. The zero-order chi connectivity index (χ0) is 17.6. The standard InChI is InChI=1S/C19H24N4O2/c1-23(2)18-5-3-4-16(22-18)13-21-19(24)20-10-8-14-6-7-17-15(12-14)9-11-25-17/h3-7,12H,8-11,13H2,1-2H3,(H2,20,21,24). The Morgan fingerprint density at radius 3 is 2.96 bits per heavy atom. The highest BCUT2D eigenvalue weighted by Gasteiger charge is 2.11. The van der Waals surface area contributed by atoms with Gasteiger partial charge in [-0.05, 0) is 35.7 Å². The number of pyridine rings is 1. The summed E-state index contributed by atoms with van der Waals surface area (Å²) in [5.41, 5.74) is 3.30. The fourth-order valence-corrected chi connectivity index (χ4v) is 2.76. The monoisotopic (exact) mass is 340 g/mol. The van der Waals surface area contributed by atoms with Crippen LogP contribution in [0.2, 0.25) is 0 Å². The fourth-order valence-electron chi connectivity index (χ4n) is 2.76. The van der Waals surface area contributed by atoms with Crippen molar-refractivity contribution < 1.29 is 9.53 Å². The minimum Gasteiger partial charge on any atom is -0.493 e. The Morgan fingerprint density at radius 1 is 1.24 bits per heavy atom. The highest BCUT2D eigenvalue weighted by atomic mass is 16.5. The summed E-state index contributed by atoms with van der Waals surface area (Å²) in [4.78, 5) is 18.3. The van der Waals surface area contributed by atoms with Crippen molar-refractivity contribution in [3.63, 3.8) is 0 Å². The predicted octanol–water partition coefficient (Wildman–Crippen LogP) is 2.12. The summed E-state index contributed by atoms with van der Waals surface area (Å²) in [5.74, 6) is 1.86. The van der Waals surface area contributed by atoms with E-state index in [-0.39, 0.29) is 6.03 Å². The third-order valence-corrected chi connectivity index (χ3v) is 4.13. The van der Waals surface area contributed by atoms with Gasteiger partial charge in [0.15, 0.2) is 0 Å². The minimum atomic E-state index is -0.179. The van der Waals surface area contributed by atoms with Crippen LogP contribution in [0, 0.1) is 0 Å². The summed E-state index contributed by atoms with van der Waals surface area (Å²) >= 11 is 0. The first kappa shape index (κ1) is 17.1. The zero-order valence-electron chi connectivity index (χ0n) is 14.7. The van der Waals surface area contributed by atoms with Crippen LogP contribution in [0.25, 0.3) is 0 Å². The first-order valence-corrected chi connectivity index (χ1v) is 8.51. The maximum Gasteiger partial charge on any atom is 0.315 e. The number of hydrogen-bond donors (Lipinski definition) is 2. The normalized spacial score (nSPS) is 12.2. The van der Waals surface area contributed by atoms with Gasteiger partial charge in [-0.3, -0.25) is 0 Å². The van der Waals surface area contributed by atoms with Gasteiger partial charge in [0.05, 0.1) is 18.8 Å². The summed E-state index contributed by atoms with van der Waals surface area (Å²) in [6.45, 7) is 1.77. The van der Waals surface area contributed by atoms with Gasteiger partial charge >= 0.3 is 6.03 Å². The van der Waals surface area contributed by atoms with E-state index in [0.717, 1.165) is 36.7 Å². The Labute approximate surface area is 148 Å². The lowest BCUT2D eigenvalue weighted by molar-refractivity contribution is 0.240. The average Bonchev–Trinajstić information content (AvgIpc) is 3.08. The molecule has 25 heavy (non-hydrogen) atoms. The fraction of sp³-hybridized carbons (Fsp3) is 0.368. The van der Waals surface area contributed by atoms with E-state index in [4.69, 9.17) is 4.74 Å². The maximum absolute atomic E-state index is 11.9. The second-order valence-corrected chi connectivity index (χ2v) is 6.28. The average molecular weight is 340 g/mol. The molecule has 0 atom stereocenters. The summed E-state index contributed by atoms with van der Waals surface area (Å²) in [5, 5.41) is 5.73. The number of anilines is 1.